The summed E-state index contributed by atoms with van der Waals surface area (Å²) in [4.78, 5) is 11.1. The number of nitrogens with zero attached hydrogens (tertiary/aromatic N) is 5. The summed E-state index contributed by atoms with van der Waals surface area (Å²) in [7, 11) is 0. The summed E-state index contributed by atoms with van der Waals surface area (Å²) in [6.07, 6.45) is 3.39. The van der Waals surface area contributed by atoms with Crippen LogP contribution in [0.1, 0.15) is 5.56 Å². The standard InChI is InChI=1S/C23H22ClN7O/c1-15-3-2-4-17-19(14-26-30-22(15)17)28-21-7-8-25-23(29-21)27-16-5-6-20(18(24)13-16)31-9-11-32-12-10-31/h2-8,13-14H,9-12H2,1H3,(H2,25,27,28,29,30). The number of hydrogen-bond acceptors (Lipinski definition) is 8. The Labute approximate surface area is 190 Å². The molecule has 2 aromatic carbocycles. The number of anilines is 5. The first-order valence-electron chi connectivity index (χ1n) is 10.4. The van der Waals surface area contributed by atoms with E-state index in [2.05, 4.69) is 35.7 Å². The van der Waals surface area contributed by atoms with Crippen LogP contribution in [0.25, 0.3) is 10.9 Å². The predicted molar refractivity (Wildman–Crippen MR) is 127 cm³/mol. The molecule has 2 aromatic heterocycles. The Kier molecular flexibility index (Phi) is 5.70. The molecule has 0 aliphatic carbocycles. The van der Waals surface area contributed by atoms with Crippen molar-refractivity contribution in [2.45, 2.75) is 6.92 Å². The molecule has 4 aromatic rings. The summed E-state index contributed by atoms with van der Waals surface area (Å²) in [5.41, 5.74) is 4.59. The molecule has 0 spiro atoms. The molecular formula is C23H22ClN7O. The molecule has 1 aliphatic heterocycles. The summed E-state index contributed by atoms with van der Waals surface area (Å²) in [6, 6.07) is 13.7. The Balaban J connectivity index is 1.35. The second-order valence-corrected chi connectivity index (χ2v) is 7.92. The third kappa shape index (κ3) is 4.28. The number of morpholine rings is 1. The molecule has 0 radical (unpaired) electrons. The smallest absolute Gasteiger partial charge is 0.229 e. The molecule has 5 rings (SSSR count). The van der Waals surface area contributed by atoms with Crippen LogP contribution >= 0.6 is 11.6 Å². The van der Waals surface area contributed by atoms with Crippen LogP contribution < -0.4 is 15.5 Å². The third-order valence-electron chi connectivity index (χ3n) is 5.35. The number of rotatable bonds is 5. The summed E-state index contributed by atoms with van der Waals surface area (Å²) in [5, 5.41) is 16.6. The first kappa shape index (κ1) is 20.4. The Morgan fingerprint density at radius 3 is 2.78 bits per heavy atom. The van der Waals surface area contributed by atoms with Gasteiger partial charge in [0.25, 0.3) is 0 Å². The lowest BCUT2D eigenvalue weighted by Gasteiger charge is -2.29. The minimum atomic E-state index is 0.465. The van der Waals surface area contributed by atoms with Gasteiger partial charge in [-0.3, -0.25) is 0 Å². The van der Waals surface area contributed by atoms with Crippen LogP contribution in [0.3, 0.4) is 0 Å². The summed E-state index contributed by atoms with van der Waals surface area (Å²) < 4.78 is 5.42. The van der Waals surface area contributed by atoms with Crippen LogP contribution in [0.2, 0.25) is 5.02 Å². The Morgan fingerprint density at radius 1 is 1.06 bits per heavy atom. The van der Waals surface area contributed by atoms with E-state index in [9.17, 15) is 0 Å². The van der Waals surface area contributed by atoms with E-state index in [1.165, 1.54) is 0 Å². The number of hydrogen-bond donors (Lipinski definition) is 2. The maximum absolute atomic E-state index is 6.55. The van der Waals surface area contributed by atoms with Crippen molar-refractivity contribution < 1.29 is 4.74 Å². The Hall–Kier alpha value is -3.49. The van der Waals surface area contributed by atoms with E-state index in [1.807, 2.05) is 49.4 Å². The van der Waals surface area contributed by atoms with Gasteiger partial charge in [-0.25, -0.2) is 4.98 Å². The van der Waals surface area contributed by atoms with Gasteiger partial charge < -0.3 is 20.3 Å². The number of ether oxygens (including phenoxy) is 1. The SMILES string of the molecule is Cc1cccc2c(Nc3ccnc(Nc4ccc(N5CCOCC5)c(Cl)c4)n3)cnnc12. The molecule has 1 aliphatic rings. The highest BCUT2D eigenvalue weighted by Gasteiger charge is 2.15. The summed E-state index contributed by atoms with van der Waals surface area (Å²) >= 11 is 6.55. The maximum Gasteiger partial charge on any atom is 0.229 e. The van der Waals surface area contributed by atoms with Gasteiger partial charge in [-0.1, -0.05) is 29.8 Å². The lowest BCUT2D eigenvalue weighted by molar-refractivity contribution is 0.122. The summed E-state index contributed by atoms with van der Waals surface area (Å²) in [5.74, 6) is 1.11. The van der Waals surface area contributed by atoms with Crippen molar-refractivity contribution in [2.75, 3.05) is 41.8 Å². The van der Waals surface area contributed by atoms with E-state index in [-0.39, 0.29) is 0 Å². The van der Waals surface area contributed by atoms with E-state index in [4.69, 9.17) is 16.3 Å². The fourth-order valence-electron chi connectivity index (χ4n) is 3.72. The number of nitrogens with one attached hydrogen (secondary N) is 2. The van der Waals surface area contributed by atoms with Crippen LogP contribution in [0.5, 0.6) is 0 Å². The number of aromatic nitrogens is 4. The molecule has 8 nitrogen and oxygen atoms in total. The molecule has 0 bridgehead atoms. The molecule has 32 heavy (non-hydrogen) atoms. The van der Waals surface area contributed by atoms with Gasteiger partial charge in [0, 0.05) is 30.4 Å². The molecule has 0 unspecified atom stereocenters. The quantitative estimate of drug-likeness (QED) is 0.455. The fourth-order valence-corrected chi connectivity index (χ4v) is 4.02. The molecule has 2 N–H and O–H groups in total. The fraction of sp³-hybridized carbons (Fsp3) is 0.217. The van der Waals surface area contributed by atoms with E-state index in [0.717, 1.165) is 46.6 Å². The zero-order valence-electron chi connectivity index (χ0n) is 17.5. The highest BCUT2D eigenvalue weighted by atomic mass is 35.5. The van der Waals surface area contributed by atoms with Gasteiger partial charge in [-0.2, -0.15) is 15.2 Å². The van der Waals surface area contributed by atoms with Gasteiger partial charge >= 0.3 is 0 Å². The molecule has 162 valence electrons. The topological polar surface area (TPSA) is 88.1 Å². The van der Waals surface area contributed by atoms with Gasteiger partial charge in [0.05, 0.1) is 41.3 Å². The number of halogens is 1. The van der Waals surface area contributed by atoms with Crippen LogP contribution in [0.4, 0.5) is 28.8 Å². The predicted octanol–water partition coefficient (Wildman–Crippen LogP) is 4.71. The third-order valence-corrected chi connectivity index (χ3v) is 5.65. The van der Waals surface area contributed by atoms with Gasteiger partial charge in [0.2, 0.25) is 5.95 Å². The molecule has 0 amide bonds. The lowest BCUT2D eigenvalue weighted by atomic mass is 10.1. The van der Waals surface area contributed by atoms with Crippen molar-refractivity contribution >= 4 is 51.3 Å². The summed E-state index contributed by atoms with van der Waals surface area (Å²) in [6.45, 7) is 5.11. The Morgan fingerprint density at radius 2 is 1.94 bits per heavy atom. The lowest BCUT2D eigenvalue weighted by Crippen LogP contribution is -2.36. The molecule has 1 fully saturated rings. The van der Waals surface area contributed by atoms with Crippen molar-refractivity contribution in [2.24, 2.45) is 0 Å². The van der Waals surface area contributed by atoms with E-state index >= 15 is 0 Å². The first-order chi connectivity index (χ1) is 15.7. The van der Waals surface area contributed by atoms with Crippen molar-refractivity contribution in [3.05, 3.63) is 65.4 Å². The van der Waals surface area contributed by atoms with Crippen molar-refractivity contribution in [1.82, 2.24) is 20.2 Å². The average Bonchev–Trinajstić information content (AvgIpc) is 2.81. The van der Waals surface area contributed by atoms with Crippen LogP contribution in [0.15, 0.2) is 54.9 Å². The van der Waals surface area contributed by atoms with E-state index in [1.54, 1.807) is 12.4 Å². The molecule has 0 atom stereocenters. The molecule has 1 saturated heterocycles. The maximum atomic E-state index is 6.55. The zero-order valence-corrected chi connectivity index (χ0v) is 18.3. The largest absolute Gasteiger partial charge is 0.378 e. The van der Waals surface area contributed by atoms with Gasteiger partial charge in [0.15, 0.2) is 0 Å². The first-order valence-corrected chi connectivity index (χ1v) is 10.8. The molecule has 0 saturated carbocycles. The van der Waals surface area contributed by atoms with Gasteiger partial charge in [-0.15, -0.1) is 0 Å². The minimum absolute atomic E-state index is 0.465. The van der Waals surface area contributed by atoms with Crippen LogP contribution in [-0.2, 0) is 4.74 Å². The molecule has 9 heteroatoms. The monoisotopic (exact) mass is 447 g/mol. The van der Waals surface area contributed by atoms with Gasteiger partial charge in [0.1, 0.15) is 5.82 Å². The molecule has 3 heterocycles. The normalized spacial score (nSPS) is 13.9. The Bertz CT molecular complexity index is 1260. The number of benzene rings is 2. The van der Waals surface area contributed by atoms with Gasteiger partial charge in [-0.05, 0) is 36.8 Å². The van der Waals surface area contributed by atoms with Crippen LogP contribution in [0, 0.1) is 6.92 Å². The minimum Gasteiger partial charge on any atom is -0.378 e. The van der Waals surface area contributed by atoms with E-state index < -0.39 is 0 Å². The van der Waals surface area contributed by atoms with E-state index in [0.29, 0.717) is 30.0 Å². The number of aryl methyl sites for hydroxylation is 1. The highest BCUT2D eigenvalue weighted by Crippen LogP contribution is 2.31. The van der Waals surface area contributed by atoms with Crippen molar-refractivity contribution in [3.63, 3.8) is 0 Å². The number of fused-ring (bicyclic) bond motifs is 1. The van der Waals surface area contributed by atoms with Crippen molar-refractivity contribution in [3.8, 4) is 0 Å². The van der Waals surface area contributed by atoms with Crippen LogP contribution in [-0.4, -0.2) is 46.5 Å². The second kappa shape index (κ2) is 8.94. The van der Waals surface area contributed by atoms with Crippen molar-refractivity contribution in [1.29, 1.82) is 0 Å². The zero-order chi connectivity index (χ0) is 21.9. The second-order valence-electron chi connectivity index (χ2n) is 7.51. The average molecular weight is 448 g/mol. The molecular weight excluding hydrogens is 426 g/mol. The highest BCUT2D eigenvalue weighted by molar-refractivity contribution is 6.33.